The lowest BCUT2D eigenvalue weighted by Gasteiger charge is -2.15. The molecule has 0 radical (unpaired) electrons. The number of hydrogen-bond donors (Lipinski definition) is 1. The molecule has 1 saturated heterocycles. The van der Waals surface area contributed by atoms with E-state index in [1.54, 1.807) is 6.20 Å². The number of nitrogens with two attached hydrogens (primary N) is 1. The highest BCUT2D eigenvalue weighted by Crippen LogP contribution is 2.23. The summed E-state index contributed by atoms with van der Waals surface area (Å²) in [6.45, 7) is 0.892. The molecule has 1 aromatic heterocycles. The first kappa shape index (κ1) is 13.3. The van der Waals surface area contributed by atoms with Crippen molar-refractivity contribution in [2.75, 3.05) is 6.61 Å². The van der Waals surface area contributed by atoms with Gasteiger partial charge < -0.3 is 10.5 Å². The average Bonchev–Trinajstić information content (AvgIpc) is 3.17. The van der Waals surface area contributed by atoms with Crippen molar-refractivity contribution >= 4 is 0 Å². The van der Waals surface area contributed by atoms with Crippen LogP contribution in [0.25, 0.3) is 5.69 Å². The molecular formula is C15H20N4O. The Morgan fingerprint density at radius 2 is 2.20 bits per heavy atom. The fourth-order valence-corrected chi connectivity index (χ4v) is 2.65. The first-order valence-electron chi connectivity index (χ1n) is 7.18. The van der Waals surface area contributed by atoms with Crippen LogP contribution in [0, 0.1) is 0 Å². The van der Waals surface area contributed by atoms with Crippen molar-refractivity contribution < 1.29 is 4.74 Å². The minimum Gasteiger partial charge on any atom is -0.378 e. The van der Waals surface area contributed by atoms with Crippen LogP contribution in [0.15, 0.2) is 36.5 Å². The molecule has 3 rings (SSSR count). The number of benzene rings is 1. The standard InChI is InChI=1S/C15H20N4O/c16-14(9-8-13-7-4-10-20-13)15-11-17-18-19(15)12-5-2-1-3-6-12/h1-3,5-6,11,13-14H,4,7-10,16H2. The molecule has 2 aromatic rings. The zero-order valence-electron chi connectivity index (χ0n) is 11.5. The Balaban J connectivity index is 1.69. The maximum Gasteiger partial charge on any atom is 0.0813 e. The van der Waals surface area contributed by atoms with Crippen LogP contribution in [0.1, 0.15) is 37.4 Å². The van der Waals surface area contributed by atoms with Crippen LogP contribution in [0.5, 0.6) is 0 Å². The van der Waals surface area contributed by atoms with Crippen molar-refractivity contribution in [2.45, 2.75) is 37.8 Å². The van der Waals surface area contributed by atoms with Crippen molar-refractivity contribution in [3.05, 3.63) is 42.2 Å². The average molecular weight is 272 g/mol. The fraction of sp³-hybridized carbons (Fsp3) is 0.467. The van der Waals surface area contributed by atoms with E-state index in [1.165, 1.54) is 6.42 Å². The summed E-state index contributed by atoms with van der Waals surface area (Å²) in [7, 11) is 0. The van der Waals surface area contributed by atoms with Crippen LogP contribution >= 0.6 is 0 Å². The molecule has 2 unspecified atom stereocenters. The van der Waals surface area contributed by atoms with E-state index < -0.39 is 0 Å². The summed E-state index contributed by atoms with van der Waals surface area (Å²) in [5.41, 5.74) is 8.25. The van der Waals surface area contributed by atoms with Gasteiger partial charge in [-0.05, 0) is 37.8 Å². The number of rotatable bonds is 5. The minimum atomic E-state index is -0.0607. The summed E-state index contributed by atoms with van der Waals surface area (Å²) in [5, 5.41) is 8.14. The Kier molecular flexibility index (Phi) is 4.08. The predicted octanol–water partition coefficient (Wildman–Crippen LogP) is 2.23. The molecule has 2 N–H and O–H groups in total. The van der Waals surface area contributed by atoms with Crippen LogP contribution in [0.2, 0.25) is 0 Å². The smallest absolute Gasteiger partial charge is 0.0813 e. The van der Waals surface area contributed by atoms with Crippen LogP contribution < -0.4 is 5.73 Å². The lowest BCUT2D eigenvalue weighted by atomic mass is 10.0. The lowest BCUT2D eigenvalue weighted by molar-refractivity contribution is 0.101. The molecule has 1 aliphatic rings. The molecule has 5 heteroatoms. The first-order valence-corrected chi connectivity index (χ1v) is 7.18. The highest BCUT2D eigenvalue weighted by molar-refractivity contribution is 5.32. The lowest BCUT2D eigenvalue weighted by Crippen LogP contribution is -2.18. The maximum atomic E-state index is 6.30. The Labute approximate surface area is 118 Å². The monoisotopic (exact) mass is 272 g/mol. The number of ether oxygens (including phenoxy) is 1. The topological polar surface area (TPSA) is 66.0 Å². The van der Waals surface area contributed by atoms with Gasteiger partial charge in [0.05, 0.1) is 23.7 Å². The summed E-state index contributed by atoms with van der Waals surface area (Å²) >= 11 is 0. The van der Waals surface area contributed by atoms with Crippen molar-refractivity contribution in [1.29, 1.82) is 0 Å². The number of para-hydroxylation sites is 1. The van der Waals surface area contributed by atoms with E-state index in [9.17, 15) is 0 Å². The van der Waals surface area contributed by atoms with Gasteiger partial charge in [-0.1, -0.05) is 23.4 Å². The van der Waals surface area contributed by atoms with Gasteiger partial charge in [0.2, 0.25) is 0 Å². The van der Waals surface area contributed by atoms with Gasteiger partial charge in [-0.25, -0.2) is 4.68 Å². The largest absolute Gasteiger partial charge is 0.378 e. The summed E-state index contributed by atoms with van der Waals surface area (Å²) in [6.07, 6.45) is 6.35. The third-order valence-corrected chi connectivity index (χ3v) is 3.78. The molecule has 0 spiro atoms. The molecule has 1 aromatic carbocycles. The van der Waals surface area contributed by atoms with E-state index in [-0.39, 0.29) is 6.04 Å². The predicted molar refractivity (Wildman–Crippen MR) is 76.5 cm³/mol. The van der Waals surface area contributed by atoms with Crippen LogP contribution in [-0.4, -0.2) is 27.7 Å². The first-order chi connectivity index (χ1) is 9.84. The van der Waals surface area contributed by atoms with Gasteiger partial charge >= 0.3 is 0 Å². The molecule has 0 amide bonds. The zero-order chi connectivity index (χ0) is 13.8. The van der Waals surface area contributed by atoms with Crippen molar-refractivity contribution in [2.24, 2.45) is 5.73 Å². The third-order valence-electron chi connectivity index (χ3n) is 3.78. The number of nitrogens with zero attached hydrogens (tertiary/aromatic N) is 3. The van der Waals surface area contributed by atoms with E-state index in [0.717, 1.165) is 37.3 Å². The maximum absolute atomic E-state index is 6.30. The zero-order valence-corrected chi connectivity index (χ0v) is 11.5. The highest BCUT2D eigenvalue weighted by atomic mass is 16.5. The second kappa shape index (κ2) is 6.15. The normalized spacial score (nSPS) is 20.1. The van der Waals surface area contributed by atoms with Crippen molar-refractivity contribution in [1.82, 2.24) is 15.0 Å². The number of aromatic nitrogens is 3. The van der Waals surface area contributed by atoms with Gasteiger partial charge in [-0.15, -0.1) is 5.10 Å². The van der Waals surface area contributed by atoms with E-state index in [0.29, 0.717) is 6.10 Å². The summed E-state index contributed by atoms with van der Waals surface area (Å²) in [5.74, 6) is 0. The molecule has 1 fully saturated rings. The second-order valence-corrected chi connectivity index (χ2v) is 5.23. The molecule has 20 heavy (non-hydrogen) atoms. The molecule has 2 heterocycles. The molecule has 5 nitrogen and oxygen atoms in total. The molecule has 2 atom stereocenters. The SMILES string of the molecule is NC(CCC1CCCO1)c1cnnn1-c1ccccc1. The Morgan fingerprint density at radius 1 is 1.35 bits per heavy atom. The van der Waals surface area contributed by atoms with Crippen molar-refractivity contribution in [3.8, 4) is 5.69 Å². The van der Waals surface area contributed by atoms with Crippen LogP contribution in [-0.2, 0) is 4.74 Å². The number of hydrogen-bond acceptors (Lipinski definition) is 4. The summed E-state index contributed by atoms with van der Waals surface area (Å²) < 4.78 is 7.46. The van der Waals surface area contributed by atoms with Gasteiger partial charge in [-0.2, -0.15) is 0 Å². The van der Waals surface area contributed by atoms with Gasteiger partial charge in [-0.3, -0.25) is 0 Å². The van der Waals surface area contributed by atoms with E-state index in [4.69, 9.17) is 10.5 Å². The Morgan fingerprint density at radius 3 is 2.95 bits per heavy atom. The summed E-state index contributed by atoms with van der Waals surface area (Å²) in [6, 6.07) is 9.90. The van der Waals surface area contributed by atoms with Gasteiger partial charge in [0.1, 0.15) is 0 Å². The van der Waals surface area contributed by atoms with Gasteiger partial charge in [0.25, 0.3) is 0 Å². The van der Waals surface area contributed by atoms with Crippen LogP contribution in [0.3, 0.4) is 0 Å². The van der Waals surface area contributed by atoms with E-state index in [1.807, 2.05) is 35.0 Å². The second-order valence-electron chi connectivity index (χ2n) is 5.23. The van der Waals surface area contributed by atoms with Crippen LogP contribution in [0.4, 0.5) is 0 Å². The van der Waals surface area contributed by atoms with Gasteiger partial charge in [0.15, 0.2) is 0 Å². The van der Waals surface area contributed by atoms with E-state index in [2.05, 4.69) is 10.3 Å². The highest BCUT2D eigenvalue weighted by Gasteiger charge is 2.19. The van der Waals surface area contributed by atoms with E-state index >= 15 is 0 Å². The Bertz CT molecular complexity index is 534. The third kappa shape index (κ3) is 2.89. The van der Waals surface area contributed by atoms with Crippen molar-refractivity contribution in [3.63, 3.8) is 0 Å². The van der Waals surface area contributed by atoms with Gasteiger partial charge in [0, 0.05) is 12.6 Å². The molecule has 0 bridgehead atoms. The quantitative estimate of drug-likeness (QED) is 0.906. The Hall–Kier alpha value is -1.72. The summed E-state index contributed by atoms with van der Waals surface area (Å²) in [4.78, 5) is 0. The molecular weight excluding hydrogens is 252 g/mol. The minimum absolute atomic E-state index is 0.0607. The molecule has 1 aliphatic heterocycles. The molecule has 0 aliphatic carbocycles. The molecule has 106 valence electrons. The fourth-order valence-electron chi connectivity index (χ4n) is 2.65. The molecule has 0 saturated carbocycles.